The van der Waals surface area contributed by atoms with Gasteiger partial charge in [0.1, 0.15) is 17.1 Å². The van der Waals surface area contributed by atoms with E-state index in [9.17, 15) is 0 Å². The van der Waals surface area contributed by atoms with Crippen LogP contribution in [-0.4, -0.2) is 17.1 Å². The van der Waals surface area contributed by atoms with Gasteiger partial charge in [0.05, 0.1) is 23.9 Å². The molecule has 0 saturated carbocycles. The van der Waals surface area contributed by atoms with Crippen molar-refractivity contribution in [2.24, 2.45) is 0 Å². The molecule has 0 aliphatic rings. The lowest BCUT2D eigenvalue weighted by molar-refractivity contribution is 0.416. The second-order valence-electron chi connectivity index (χ2n) is 4.32. The summed E-state index contributed by atoms with van der Waals surface area (Å²) in [5.41, 5.74) is 9.03. The number of benzene rings is 2. The van der Waals surface area contributed by atoms with Gasteiger partial charge in [0.15, 0.2) is 0 Å². The Bertz CT molecular complexity index is 800. The first-order chi connectivity index (χ1) is 9.58. The molecule has 1 aromatic heterocycles. The third kappa shape index (κ3) is 2.23. The zero-order chi connectivity index (χ0) is 14.3. The summed E-state index contributed by atoms with van der Waals surface area (Å²) in [6.45, 7) is 0. The zero-order valence-corrected chi connectivity index (χ0v) is 12.9. The Morgan fingerprint density at radius 2 is 2.10 bits per heavy atom. The predicted octanol–water partition coefficient (Wildman–Crippen LogP) is 4.24. The number of methoxy groups -OCH3 is 1. The maximum absolute atomic E-state index is 5.98. The standard InChI is InChI=1S/C14H11BrClN3O/c1-20-12-6-8(16)2-3-9(12)14-18-11-5-7(15)4-10(17)13(11)19-14/h2-6H,17H2,1H3,(H,18,19). The molecule has 102 valence electrons. The van der Waals surface area contributed by atoms with Gasteiger partial charge in [-0.15, -0.1) is 0 Å². The molecule has 0 spiro atoms. The Morgan fingerprint density at radius 1 is 1.30 bits per heavy atom. The zero-order valence-electron chi connectivity index (χ0n) is 10.6. The molecule has 1 heterocycles. The number of hydrogen-bond donors (Lipinski definition) is 2. The summed E-state index contributed by atoms with van der Waals surface area (Å²) in [6.07, 6.45) is 0. The first-order valence-electron chi connectivity index (χ1n) is 5.87. The van der Waals surface area contributed by atoms with Gasteiger partial charge in [-0.05, 0) is 30.3 Å². The molecule has 0 aliphatic carbocycles. The predicted molar refractivity (Wildman–Crippen MR) is 85.2 cm³/mol. The number of imidazole rings is 1. The number of H-pyrrole nitrogens is 1. The van der Waals surface area contributed by atoms with Crippen molar-refractivity contribution in [1.29, 1.82) is 0 Å². The van der Waals surface area contributed by atoms with Gasteiger partial charge < -0.3 is 15.5 Å². The number of hydrogen-bond acceptors (Lipinski definition) is 3. The Kier molecular flexibility index (Phi) is 3.31. The largest absolute Gasteiger partial charge is 0.496 e. The average Bonchev–Trinajstić information content (AvgIpc) is 2.82. The number of aromatic amines is 1. The second kappa shape index (κ2) is 5.00. The Hall–Kier alpha value is -1.72. The summed E-state index contributed by atoms with van der Waals surface area (Å²) in [4.78, 5) is 7.78. The molecule has 0 radical (unpaired) electrons. The lowest BCUT2D eigenvalue weighted by Crippen LogP contribution is -1.89. The van der Waals surface area contributed by atoms with Crippen LogP contribution in [-0.2, 0) is 0 Å². The summed E-state index contributed by atoms with van der Waals surface area (Å²) >= 11 is 9.39. The van der Waals surface area contributed by atoms with E-state index in [0.717, 1.165) is 21.1 Å². The van der Waals surface area contributed by atoms with E-state index >= 15 is 0 Å². The molecule has 0 amide bonds. The van der Waals surface area contributed by atoms with Crippen molar-refractivity contribution in [2.45, 2.75) is 0 Å². The van der Waals surface area contributed by atoms with Crippen molar-refractivity contribution in [3.63, 3.8) is 0 Å². The van der Waals surface area contributed by atoms with Crippen molar-refractivity contribution >= 4 is 44.3 Å². The quantitative estimate of drug-likeness (QED) is 0.678. The fraction of sp³-hybridized carbons (Fsp3) is 0.0714. The van der Waals surface area contributed by atoms with Crippen LogP contribution in [0.25, 0.3) is 22.4 Å². The van der Waals surface area contributed by atoms with Crippen LogP contribution in [0.1, 0.15) is 0 Å². The molecule has 2 aromatic carbocycles. The van der Waals surface area contributed by atoms with Crippen LogP contribution in [0.3, 0.4) is 0 Å². The Morgan fingerprint density at radius 3 is 2.85 bits per heavy atom. The lowest BCUT2D eigenvalue weighted by Gasteiger charge is -2.06. The number of nitrogens with two attached hydrogens (primary N) is 1. The lowest BCUT2D eigenvalue weighted by atomic mass is 10.2. The maximum Gasteiger partial charge on any atom is 0.142 e. The fourth-order valence-electron chi connectivity index (χ4n) is 2.10. The minimum Gasteiger partial charge on any atom is -0.496 e. The summed E-state index contributed by atoms with van der Waals surface area (Å²) < 4.78 is 6.25. The molecule has 0 fully saturated rings. The number of nitrogens with zero attached hydrogens (tertiary/aromatic N) is 1. The molecular formula is C14H11BrClN3O. The number of nitrogens with one attached hydrogen (secondary N) is 1. The molecular weight excluding hydrogens is 342 g/mol. The van der Waals surface area contributed by atoms with Gasteiger partial charge in [0.25, 0.3) is 0 Å². The SMILES string of the molecule is COc1cc(Cl)ccc1-c1nc2c(N)cc(Br)cc2[nH]1. The molecule has 0 atom stereocenters. The topological polar surface area (TPSA) is 63.9 Å². The number of nitrogen functional groups attached to an aromatic ring is 1. The minimum atomic E-state index is 0.615. The van der Waals surface area contributed by atoms with E-state index < -0.39 is 0 Å². The van der Waals surface area contributed by atoms with Gasteiger partial charge in [0, 0.05) is 9.50 Å². The second-order valence-corrected chi connectivity index (χ2v) is 5.67. The molecule has 3 N–H and O–H groups in total. The molecule has 0 bridgehead atoms. The van der Waals surface area contributed by atoms with E-state index in [-0.39, 0.29) is 0 Å². The highest BCUT2D eigenvalue weighted by atomic mass is 79.9. The van der Waals surface area contributed by atoms with Crippen LogP contribution < -0.4 is 10.5 Å². The highest BCUT2D eigenvalue weighted by Crippen LogP contribution is 2.33. The van der Waals surface area contributed by atoms with E-state index in [1.807, 2.05) is 18.2 Å². The van der Waals surface area contributed by atoms with Gasteiger partial charge in [-0.25, -0.2) is 4.98 Å². The Labute approximate surface area is 129 Å². The maximum atomic E-state index is 5.98. The summed E-state index contributed by atoms with van der Waals surface area (Å²) in [6, 6.07) is 9.18. The molecule has 4 nitrogen and oxygen atoms in total. The highest BCUT2D eigenvalue weighted by Gasteiger charge is 2.13. The van der Waals surface area contributed by atoms with Gasteiger partial charge in [-0.1, -0.05) is 27.5 Å². The first kappa shape index (κ1) is 13.3. The molecule has 20 heavy (non-hydrogen) atoms. The van der Waals surface area contributed by atoms with Gasteiger partial charge in [-0.2, -0.15) is 0 Å². The van der Waals surface area contributed by atoms with Crippen LogP contribution >= 0.6 is 27.5 Å². The number of anilines is 1. The van der Waals surface area contributed by atoms with Crippen LogP contribution in [0.15, 0.2) is 34.8 Å². The average molecular weight is 353 g/mol. The van der Waals surface area contributed by atoms with E-state index in [1.165, 1.54) is 0 Å². The van der Waals surface area contributed by atoms with Crippen molar-refractivity contribution < 1.29 is 4.74 Å². The summed E-state index contributed by atoms with van der Waals surface area (Å²) in [5, 5.41) is 0.615. The Balaban J connectivity index is 2.22. The number of aromatic nitrogens is 2. The molecule has 0 unspecified atom stereocenters. The molecule has 6 heteroatoms. The normalized spacial score (nSPS) is 10.9. The fourth-order valence-corrected chi connectivity index (χ4v) is 2.73. The number of rotatable bonds is 2. The first-order valence-corrected chi connectivity index (χ1v) is 7.04. The molecule has 0 saturated heterocycles. The third-order valence-electron chi connectivity index (χ3n) is 3.00. The summed E-state index contributed by atoms with van der Waals surface area (Å²) in [7, 11) is 1.60. The third-order valence-corrected chi connectivity index (χ3v) is 3.69. The van der Waals surface area contributed by atoms with E-state index in [1.54, 1.807) is 19.2 Å². The molecule has 3 aromatic rings. The smallest absolute Gasteiger partial charge is 0.142 e. The van der Waals surface area contributed by atoms with Crippen LogP contribution in [0.2, 0.25) is 5.02 Å². The van der Waals surface area contributed by atoms with Crippen LogP contribution in [0.4, 0.5) is 5.69 Å². The van der Waals surface area contributed by atoms with Crippen LogP contribution in [0, 0.1) is 0 Å². The van der Waals surface area contributed by atoms with E-state index in [0.29, 0.717) is 22.3 Å². The molecule has 0 aliphatic heterocycles. The van der Waals surface area contributed by atoms with Gasteiger partial charge in [-0.3, -0.25) is 0 Å². The monoisotopic (exact) mass is 351 g/mol. The highest BCUT2D eigenvalue weighted by molar-refractivity contribution is 9.10. The van der Waals surface area contributed by atoms with Crippen molar-refractivity contribution in [3.8, 4) is 17.1 Å². The number of fused-ring (bicyclic) bond motifs is 1. The van der Waals surface area contributed by atoms with E-state index in [4.69, 9.17) is 22.1 Å². The van der Waals surface area contributed by atoms with Crippen molar-refractivity contribution in [1.82, 2.24) is 9.97 Å². The number of halogens is 2. The van der Waals surface area contributed by atoms with E-state index in [2.05, 4.69) is 25.9 Å². The van der Waals surface area contributed by atoms with Gasteiger partial charge in [0.2, 0.25) is 0 Å². The number of ether oxygens (including phenoxy) is 1. The van der Waals surface area contributed by atoms with Crippen molar-refractivity contribution in [3.05, 3.63) is 39.8 Å². The van der Waals surface area contributed by atoms with Gasteiger partial charge >= 0.3 is 0 Å². The minimum absolute atomic E-state index is 0.615. The van der Waals surface area contributed by atoms with Crippen molar-refractivity contribution in [2.75, 3.05) is 12.8 Å². The summed E-state index contributed by atoms with van der Waals surface area (Å²) in [5.74, 6) is 1.35. The van der Waals surface area contributed by atoms with Crippen LogP contribution in [0.5, 0.6) is 5.75 Å². The molecule has 3 rings (SSSR count).